The number of hydrazone groups is 1. The number of thiophene rings is 1. The van der Waals surface area contributed by atoms with E-state index in [0.29, 0.717) is 5.56 Å². The third kappa shape index (κ3) is 4.73. The Hall–Kier alpha value is -2.14. The number of amides is 1. The zero-order chi connectivity index (χ0) is 18.4. The lowest BCUT2D eigenvalue weighted by Gasteiger charge is -2.28. The molecule has 1 aliphatic rings. The number of rotatable bonds is 6. The van der Waals surface area contributed by atoms with Gasteiger partial charge in [0.15, 0.2) is 0 Å². The SMILES string of the molecule is CCCc1cc(C(=O)N/N=C(\C)c2ccc(N3CCCCC3)cc2)cs1. The van der Waals surface area contributed by atoms with Crippen LogP contribution < -0.4 is 10.3 Å². The van der Waals surface area contributed by atoms with E-state index in [1.807, 2.05) is 18.4 Å². The first-order valence-electron chi connectivity index (χ1n) is 9.45. The molecule has 1 aliphatic heterocycles. The van der Waals surface area contributed by atoms with E-state index in [1.165, 1.54) is 29.8 Å². The van der Waals surface area contributed by atoms with Crippen molar-refractivity contribution in [3.63, 3.8) is 0 Å². The van der Waals surface area contributed by atoms with Gasteiger partial charge in [-0.3, -0.25) is 4.79 Å². The van der Waals surface area contributed by atoms with E-state index < -0.39 is 0 Å². The molecule has 0 aliphatic carbocycles. The number of piperidine rings is 1. The highest BCUT2D eigenvalue weighted by molar-refractivity contribution is 7.10. The van der Waals surface area contributed by atoms with Gasteiger partial charge in [0, 0.05) is 29.0 Å². The van der Waals surface area contributed by atoms with Crippen LogP contribution in [0.1, 0.15) is 60.3 Å². The molecule has 0 atom stereocenters. The predicted octanol–water partition coefficient (Wildman–Crippen LogP) is 4.84. The highest BCUT2D eigenvalue weighted by atomic mass is 32.1. The van der Waals surface area contributed by atoms with Crippen LogP contribution in [0, 0.1) is 0 Å². The summed E-state index contributed by atoms with van der Waals surface area (Å²) in [7, 11) is 0. The van der Waals surface area contributed by atoms with E-state index in [-0.39, 0.29) is 5.91 Å². The molecule has 0 bridgehead atoms. The molecular weight excluding hydrogens is 342 g/mol. The third-order valence-electron chi connectivity index (χ3n) is 4.74. The minimum absolute atomic E-state index is 0.145. The minimum Gasteiger partial charge on any atom is -0.372 e. The van der Waals surface area contributed by atoms with Gasteiger partial charge in [0.2, 0.25) is 0 Å². The molecule has 0 spiro atoms. The van der Waals surface area contributed by atoms with E-state index in [2.05, 4.69) is 46.6 Å². The summed E-state index contributed by atoms with van der Waals surface area (Å²) in [5, 5.41) is 6.18. The van der Waals surface area contributed by atoms with Crippen LogP contribution in [0.4, 0.5) is 5.69 Å². The largest absolute Gasteiger partial charge is 0.372 e. The maximum absolute atomic E-state index is 12.2. The lowest BCUT2D eigenvalue weighted by molar-refractivity contribution is 0.0955. The first kappa shape index (κ1) is 18.6. The lowest BCUT2D eigenvalue weighted by atomic mass is 10.1. The monoisotopic (exact) mass is 369 g/mol. The summed E-state index contributed by atoms with van der Waals surface area (Å²) in [6.07, 6.45) is 5.99. The molecule has 0 radical (unpaired) electrons. The second-order valence-electron chi connectivity index (χ2n) is 6.78. The number of hydrogen-bond acceptors (Lipinski definition) is 4. The van der Waals surface area contributed by atoms with Crippen LogP contribution in [-0.2, 0) is 6.42 Å². The second kappa shape index (κ2) is 8.99. The fraction of sp³-hybridized carbons (Fsp3) is 0.429. The third-order valence-corrected chi connectivity index (χ3v) is 5.74. The van der Waals surface area contributed by atoms with Crippen LogP contribution in [-0.4, -0.2) is 24.7 Å². The Kier molecular flexibility index (Phi) is 6.45. The van der Waals surface area contributed by atoms with Gasteiger partial charge in [0.25, 0.3) is 5.91 Å². The summed E-state index contributed by atoms with van der Waals surface area (Å²) in [6.45, 7) is 6.35. The van der Waals surface area contributed by atoms with Gasteiger partial charge >= 0.3 is 0 Å². The molecule has 1 aromatic carbocycles. The molecule has 0 unspecified atom stereocenters. The van der Waals surface area contributed by atoms with Gasteiger partial charge in [-0.1, -0.05) is 25.5 Å². The number of nitrogens with zero attached hydrogens (tertiary/aromatic N) is 2. The van der Waals surface area contributed by atoms with Crippen molar-refractivity contribution in [3.8, 4) is 0 Å². The van der Waals surface area contributed by atoms with Gasteiger partial charge in [-0.25, -0.2) is 5.43 Å². The Morgan fingerprint density at radius 1 is 1.15 bits per heavy atom. The molecule has 5 heteroatoms. The number of anilines is 1. The molecule has 1 aromatic heterocycles. The Morgan fingerprint density at radius 3 is 2.58 bits per heavy atom. The first-order valence-corrected chi connectivity index (χ1v) is 10.3. The highest BCUT2D eigenvalue weighted by Gasteiger charge is 2.11. The van der Waals surface area contributed by atoms with E-state index >= 15 is 0 Å². The molecule has 0 saturated carbocycles. The van der Waals surface area contributed by atoms with Crippen LogP contribution in [0.3, 0.4) is 0 Å². The fourth-order valence-corrected chi connectivity index (χ4v) is 4.18. The summed E-state index contributed by atoms with van der Waals surface area (Å²) in [5.74, 6) is -0.145. The van der Waals surface area contributed by atoms with Crippen LogP contribution in [0.2, 0.25) is 0 Å². The van der Waals surface area contributed by atoms with Gasteiger partial charge in [-0.2, -0.15) is 5.10 Å². The zero-order valence-corrected chi connectivity index (χ0v) is 16.4. The van der Waals surface area contributed by atoms with E-state index in [4.69, 9.17) is 0 Å². The molecule has 4 nitrogen and oxygen atoms in total. The average Bonchev–Trinajstić information content (AvgIpc) is 3.16. The molecule has 26 heavy (non-hydrogen) atoms. The number of aryl methyl sites for hydroxylation is 1. The van der Waals surface area contributed by atoms with Gasteiger partial charge in [-0.15, -0.1) is 11.3 Å². The highest BCUT2D eigenvalue weighted by Crippen LogP contribution is 2.20. The Morgan fingerprint density at radius 2 is 1.88 bits per heavy atom. The van der Waals surface area contributed by atoms with Crippen LogP contribution in [0.15, 0.2) is 40.8 Å². The van der Waals surface area contributed by atoms with Crippen LogP contribution in [0.5, 0.6) is 0 Å². The van der Waals surface area contributed by atoms with E-state index in [9.17, 15) is 4.79 Å². The quantitative estimate of drug-likeness (QED) is 0.585. The molecular formula is C21H27N3OS. The molecule has 1 amide bonds. The van der Waals surface area contributed by atoms with Crippen molar-refractivity contribution >= 4 is 28.6 Å². The number of carbonyl (C=O) groups excluding carboxylic acids is 1. The summed E-state index contributed by atoms with van der Waals surface area (Å²) < 4.78 is 0. The molecule has 1 fully saturated rings. The molecule has 2 aromatic rings. The molecule has 138 valence electrons. The Bertz CT molecular complexity index is 758. The topological polar surface area (TPSA) is 44.7 Å². The van der Waals surface area contributed by atoms with Crippen LogP contribution >= 0.6 is 11.3 Å². The smallest absolute Gasteiger partial charge is 0.272 e. The summed E-state index contributed by atoms with van der Waals surface area (Å²) in [4.78, 5) is 15.9. The lowest BCUT2D eigenvalue weighted by Crippen LogP contribution is -2.29. The maximum atomic E-state index is 12.2. The van der Waals surface area contributed by atoms with Gasteiger partial charge < -0.3 is 4.90 Å². The minimum atomic E-state index is -0.145. The number of carbonyl (C=O) groups is 1. The van der Waals surface area contributed by atoms with Crippen molar-refractivity contribution < 1.29 is 4.79 Å². The summed E-state index contributed by atoms with van der Waals surface area (Å²) in [6, 6.07) is 10.4. The Balaban J connectivity index is 1.60. The van der Waals surface area contributed by atoms with Crippen molar-refractivity contribution in [3.05, 3.63) is 51.7 Å². The Labute approximate surface area is 159 Å². The zero-order valence-electron chi connectivity index (χ0n) is 15.6. The van der Waals surface area contributed by atoms with Crippen molar-refractivity contribution in [1.29, 1.82) is 0 Å². The summed E-state index contributed by atoms with van der Waals surface area (Å²) in [5.41, 5.74) is 6.48. The standard InChI is InChI=1S/C21H27N3OS/c1-3-7-20-14-18(15-26-20)21(25)23-22-16(2)17-8-10-19(11-9-17)24-12-5-4-6-13-24/h8-11,14-15H,3-7,12-13H2,1-2H3,(H,23,25)/b22-16+. The first-order chi connectivity index (χ1) is 12.7. The van der Waals surface area contributed by atoms with Gasteiger partial charge in [-0.05, 0) is 56.4 Å². The molecule has 1 saturated heterocycles. The van der Waals surface area contributed by atoms with E-state index in [1.54, 1.807) is 11.3 Å². The van der Waals surface area contributed by atoms with Crippen molar-refractivity contribution in [1.82, 2.24) is 5.43 Å². The van der Waals surface area contributed by atoms with Crippen molar-refractivity contribution in [2.24, 2.45) is 5.10 Å². The second-order valence-corrected chi connectivity index (χ2v) is 7.78. The normalized spacial score (nSPS) is 15.2. The predicted molar refractivity (Wildman–Crippen MR) is 110 cm³/mol. The number of hydrogen-bond donors (Lipinski definition) is 1. The van der Waals surface area contributed by atoms with E-state index in [0.717, 1.165) is 37.2 Å². The summed E-state index contributed by atoms with van der Waals surface area (Å²) >= 11 is 1.63. The molecule has 1 N–H and O–H groups in total. The molecule has 3 rings (SSSR count). The van der Waals surface area contributed by atoms with Crippen molar-refractivity contribution in [2.45, 2.75) is 46.0 Å². The van der Waals surface area contributed by atoms with Gasteiger partial charge in [0.1, 0.15) is 0 Å². The maximum Gasteiger partial charge on any atom is 0.272 e. The van der Waals surface area contributed by atoms with Crippen molar-refractivity contribution in [2.75, 3.05) is 18.0 Å². The molecule has 2 heterocycles. The van der Waals surface area contributed by atoms with Crippen LogP contribution in [0.25, 0.3) is 0 Å². The number of nitrogens with one attached hydrogen (secondary N) is 1. The number of benzene rings is 1. The van der Waals surface area contributed by atoms with Gasteiger partial charge in [0.05, 0.1) is 11.3 Å². The fourth-order valence-electron chi connectivity index (χ4n) is 3.21. The average molecular weight is 370 g/mol.